The van der Waals surface area contributed by atoms with E-state index in [0.29, 0.717) is 0 Å². The third kappa shape index (κ3) is 2.13. The highest BCUT2D eigenvalue weighted by molar-refractivity contribution is 5.86. The number of hydrogen-bond donors (Lipinski definition) is 0. The minimum Gasteiger partial charge on any atom is -0.321 e. The minimum atomic E-state index is 0.139. The van der Waals surface area contributed by atoms with Gasteiger partial charge in [0, 0.05) is 39.2 Å². The SMILES string of the molecule is CN=C(C)C(C)N=c1n(C)ccn1C. The van der Waals surface area contributed by atoms with E-state index in [2.05, 4.69) is 16.9 Å². The molecule has 0 amide bonds. The summed E-state index contributed by atoms with van der Waals surface area (Å²) in [6.07, 6.45) is 3.98. The number of aliphatic imine (C=N–C) groups is 1. The monoisotopic (exact) mass is 194 g/mol. The molecule has 0 aromatic carbocycles. The molecule has 0 aliphatic rings. The first kappa shape index (κ1) is 10.8. The first-order valence-corrected chi connectivity index (χ1v) is 4.71. The van der Waals surface area contributed by atoms with Crippen LogP contribution in [-0.2, 0) is 14.1 Å². The van der Waals surface area contributed by atoms with Gasteiger partial charge < -0.3 is 9.13 Å². The predicted octanol–water partition coefficient (Wildman–Crippen LogP) is 0.743. The summed E-state index contributed by atoms with van der Waals surface area (Å²) in [5.41, 5.74) is 2.01. The van der Waals surface area contributed by atoms with Gasteiger partial charge in [-0.05, 0) is 13.8 Å². The molecule has 0 saturated heterocycles. The maximum absolute atomic E-state index is 4.58. The Morgan fingerprint density at radius 1 is 1.29 bits per heavy atom. The summed E-state index contributed by atoms with van der Waals surface area (Å²) < 4.78 is 4.00. The van der Waals surface area contributed by atoms with Crippen LogP contribution >= 0.6 is 0 Å². The van der Waals surface area contributed by atoms with Crippen LogP contribution in [0.5, 0.6) is 0 Å². The fourth-order valence-corrected chi connectivity index (χ4v) is 1.22. The van der Waals surface area contributed by atoms with Crippen LogP contribution in [-0.4, -0.2) is 27.9 Å². The van der Waals surface area contributed by atoms with E-state index in [4.69, 9.17) is 0 Å². The van der Waals surface area contributed by atoms with Gasteiger partial charge >= 0.3 is 0 Å². The van der Waals surface area contributed by atoms with Gasteiger partial charge in [-0.1, -0.05) is 0 Å². The van der Waals surface area contributed by atoms with Crippen LogP contribution in [0.4, 0.5) is 0 Å². The van der Waals surface area contributed by atoms with E-state index in [-0.39, 0.29) is 6.04 Å². The van der Waals surface area contributed by atoms with Gasteiger partial charge in [0.15, 0.2) is 0 Å². The molecule has 0 saturated carbocycles. The molecule has 0 N–H and O–H groups in total. The van der Waals surface area contributed by atoms with Gasteiger partial charge in [-0.3, -0.25) is 4.99 Å². The van der Waals surface area contributed by atoms with Crippen molar-refractivity contribution < 1.29 is 0 Å². The Bertz CT molecular complexity index is 372. The van der Waals surface area contributed by atoms with Crippen LogP contribution in [0.2, 0.25) is 0 Å². The average molecular weight is 194 g/mol. The molecule has 1 aromatic heterocycles. The number of rotatable bonds is 2. The molecule has 0 bridgehead atoms. The van der Waals surface area contributed by atoms with Crippen molar-refractivity contribution in [1.29, 1.82) is 0 Å². The number of aryl methyl sites for hydroxylation is 2. The molecule has 0 radical (unpaired) electrons. The van der Waals surface area contributed by atoms with Gasteiger partial charge in [-0.2, -0.15) is 0 Å². The molecule has 0 aliphatic carbocycles. The van der Waals surface area contributed by atoms with Crippen molar-refractivity contribution in [3.63, 3.8) is 0 Å². The van der Waals surface area contributed by atoms with Crippen LogP contribution < -0.4 is 5.62 Å². The third-order valence-corrected chi connectivity index (χ3v) is 2.41. The molecule has 1 aromatic rings. The molecule has 0 aliphatic heterocycles. The van der Waals surface area contributed by atoms with Crippen molar-refractivity contribution in [2.45, 2.75) is 19.9 Å². The number of imidazole rings is 1. The number of aromatic nitrogens is 2. The molecule has 4 heteroatoms. The first-order chi connectivity index (χ1) is 6.56. The second-order valence-electron chi connectivity index (χ2n) is 3.49. The lowest BCUT2D eigenvalue weighted by molar-refractivity contribution is 0.706. The van der Waals surface area contributed by atoms with Gasteiger partial charge in [0.2, 0.25) is 5.62 Å². The molecule has 1 atom stereocenters. The minimum absolute atomic E-state index is 0.139. The molecular weight excluding hydrogens is 176 g/mol. The topological polar surface area (TPSA) is 34.6 Å². The van der Waals surface area contributed by atoms with Crippen LogP contribution in [0, 0.1) is 0 Å². The fourth-order valence-electron chi connectivity index (χ4n) is 1.22. The number of nitrogens with zero attached hydrogens (tertiary/aromatic N) is 4. The normalized spacial score (nSPS) is 14.2. The summed E-state index contributed by atoms with van der Waals surface area (Å²) in [5.74, 6) is 0. The Morgan fingerprint density at radius 3 is 2.21 bits per heavy atom. The van der Waals surface area contributed by atoms with Crippen LogP contribution in [0.3, 0.4) is 0 Å². The maximum Gasteiger partial charge on any atom is 0.204 e. The number of hydrogen-bond acceptors (Lipinski definition) is 2. The second-order valence-corrected chi connectivity index (χ2v) is 3.49. The van der Waals surface area contributed by atoms with Gasteiger partial charge in [0.25, 0.3) is 0 Å². The van der Waals surface area contributed by atoms with Crippen LogP contribution in [0.15, 0.2) is 22.4 Å². The summed E-state index contributed by atoms with van der Waals surface area (Å²) in [4.78, 5) is 8.72. The van der Waals surface area contributed by atoms with Gasteiger partial charge in [-0.25, -0.2) is 4.99 Å². The van der Waals surface area contributed by atoms with Crippen LogP contribution in [0.25, 0.3) is 0 Å². The molecule has 0 fully saturated rings. The average Bonchev–Trinajstić information content (AvgIpc) is 2.48. The van der Waals surface area contributed by atoms with Crippen molar-refractivity contribution in [2.24, 2.45) is 24.1 Å². The summed E-state index contributed by atoms with van der Waals surface area (Å²) in [7, 11) is 5.78. The van der Waals surface area contributed by atoms with Crippen molar-refractivity contribution in [3.8, 4) is 0 Å². The zero-order chi connectivity index (χ0) is 10.7. The Kier molecular flexibility index (Phi) is 3.28. The molecule has 78 valence electrons. The highest BCUT2D eigenvalue weighted by Gasteiger charge is 2.03. The summed E-state index contributed by atoms with van der Waals surface area (Å²) >= 11 is 0. The van der Waals surface area contributed by atoms with E-state index >= 15 is 0 Å². The largest absolute Gasteiger partial charge is 0.321 e. The highest BCUT2D eigenvalue weighted by Crippen LogP contribution is 1.92. The summed E-state index contributed by atoms with van der Waals surface area (Å²) in [6, 6.07) is 0.139. The molecule has 1 heterocycles. The Balaban J connectivity index is 3.10. The lowest BCUT2D eigenvalue weighted by Crippen LogP contribution is -2.26. The Morgan fingerprint density at radius 2 is 1.79 bits per heavy atom. The zero-order valence-corrected chi connectivity index (χ0v) is 9.52. The first-order valence-electron chi connectivity index (χ1n) is 4.71. The zero-order valence-electron chi connectivity index (χ0n) is 9.52. The lowest BCUT2D eigenvalue weighted by atomic mass is 10.2. The molecule has 14 heavy (non-hydrogen) atoms. The lowest BCUT2D eigenvalue weighted by Gasteiger charge is -2.04. The van der Waals surface area contributed by atoms with E-state index in [1.54, 1.807) is 7.05 Å². The van der Waals surface area contributed by atoms with Gasteiger partial charge in [0.1, 0.15) is 0 Å². The van der Waals surface area contributed by atoms with Crippen molar-refractivity contribution in [2.75, 3.05) is 7.05 Å². The summed E-state index contributed by atoms with van der Waals surface area (Å²) in [6.45, 7) is 4.05. The van der Waals surface area contributed by atoms with Crippen molar-refractivity contribution in [3.05, 3.63) is 18.0 Å². The Hall–Kier alpha value is -1.32. The standard InChI is InChI=1S/C10H18N4/c1-8(11-3)9(2)12-10-13(4)6-7-14(10)5/h6-7,9H,1-5H3. The van der Waals surface area contributed by atoms with E-state index in [9.17, 15) is 0 Å². The predicted molar refractivity (Wildman–Crippen MR) is 58.4 cm³/mol. The van der Waals surface area contributed by atoms with E-state index in [1.165, 1.54) is 0 Å². The molecule has 1 unspecified atom stereocenters. The highest BCUT2D eigenvalue weighted by atomic mass is 15.2. The van der Waals surface area contributed by atoms with E-state index < -0.39 is 0 Å². The fraction of sp³-hybridized carbons (Fsp3) is 0.600. The smallest absolute Gasteiger partial charge is 0.204 e. The van der Waals surface area contributed by atoms with Gasteiger partial charge in [-0.15, -0.1) is 0 Å². The quantitative estimate of drug-likeness (QED) is 0.623. The molecule has 0 spiro atoms. The molecule has 4 nitrogen and oxygen atoms in total. The van der Waals surface area contributed by atoms with E-state index in [1.807, 2.05) is 42.5 Å². The summed E-state index contributed by atoms with van der Waals surface area (Å²) in [5, 5.41) is 0. The van der Waals surface area contributed by atoms with E-state index in [0.717, 1.165) is 11.3 Å². The molecule has 1 rings (SSSR count). The molecular formula is C10H18N4. The van der Waals surface area contributed by atoms with Crippen LogP contribution in [0.1, 0.15) is 13.8 Å². The van der Waals surface area contributed by atoms with Gasteiger partial charge in [0.05, 0.1) is 6.04 Å². The second kappa shape index (κ2) is 4.26. The van der Waals surface area contributed by atoms with Crippen molar-refractivity contribution >= 4 is 5.71 Å². The maximum atomic E-state index is 4.58. The third-order valence-electron chi connectivity index (χ3n) is 2.41. The Labute approximate surface area is 84.6 Å². The van der Waals surface area contributed by atoms with Crippen molar-refractivity contribution in [1.82, 2.24) is 9.13 Å².